The number of hydrogen-bond donors (Lipinski definition) is 0. The number of ketones is 1. The third kappa shape index (κ3) is 5.16. The van der Waals surface area contributed by atoms with Crippen LogP contribution in [-0.2, 0) is 14.8 Å². The van der Waals surface area contributed by atoms with Crippen LogP contribution in [0.3, 0.4) is 0 Å². The van der Waals surface area contributed by atoms with Crippen LogP contribution < -0.4 is 0 Å². The second-order valence-corrected chi connectivity index (χ2v) is 9.94. The molecule has 1 aliphatic heterocycles. The molecule has 1 fully saturated rings. The Balaban J connectivity index is 1.46. The SMILES string of the molecule is O=C(CSc1nnc(-c2cccc(S(=O)(=O)N3CCOCC3)c2)o1)c1ccc(Cl)cc1. The molecule has 11 heteroatoms. The van der Waals surface area contributed by atoms with Crippen LogP contribution in [-0.4, -0.2) is 60.8 Å². The number of Topliss-reactive ketones (excluding diaryl/α,β-unsaturated/α-hetero) is 1. The summed E-state index contributed by atoms with van der Waals surface area (Å²) in [6.45, 7) is 1.38. The van der Waals surface area contributed by atoms with E-state index in [2.05, 4.69) is 10.2 Å². The molecule has 3 aromatic rings. The lowest BCUT2D eigenvalue weighted by Crippen LogP contribution is -2.40. The van der Waals surface area contributed by atoms with Crippen molar-refractivity contribution in [2.75, 3.05) is 32.1 Å². The van der Waals surface area contributed by atoms with Crippen molar-refractivity contribution in [3.63, 3.8) is 0 Å². The number of carbonyl (C=O) groups is 1. The lowest BCUT2D eigenvalue weighted by Gasteiger charge is -2.26. The van der Waals surface area contributed by atoms with Gasteiger partial charge >= 0.3 is 0 Å². The topological polar surface area (TPSA) is 103 Å². The molecule has 0 atom stereocenters. The van der Waals surface area contributed by atoms with Gasteiger partial charge in [0, 0.05) is 29.2 Å². The average Bonchev–Trinajstić information content (AvgIpc) is 3.28. The standard InChI is InChI=1S/C20H18ClN3O5S2/c21-16-6-4-14(5-7-16)18(25)13-30-20-23-22-19(29-20)15-2-1-3-17(12-15)31(26,27)24-8-10-28-11-9-24/h1-7,12H,8-11,13H2. The molecule has 0 spiro atoms. The molecule has 1 saturated heterocycles. The smallest absolute Gasteiger partial charge is 0.277 e. The zero-order valence-corrected chi connectivity index (χ0v) is 18.6. The summed E-state index contributed by atoms with van der Waals surface area (Å²) >= 11 is 6.95. The van der Waals surface area contributed by atoms with Crippen molar-refractivity contribution >= 4 is 39.2 Å². The Bertz CT molecular complexity index is 1180. The van der Waals surface area contributed by atoms with Crippen LogP contribution in [0.1, 0.15) is 10.4 Å². The highest BCUT2D eigenvalue weighted by molar-refractivity contribution is 7.99. The minimum Gasteiger partial charge on any atom is -0.411 e. The summed E-state index contributed by atoms with van der Waals surface area (Å²) in [6.07, 6.45) is 0. The Morgan fingerprint density at radius 1 is 1.10 bits per heavy atom. The fourth-order valence-electron chi connectivity index (χ4n) is 2.96. The van der Waals surface area contributed by atoms with Crippen LogP contribution in [0.4, 0.5) is 0 Å². The zero-order valence-electron chi connectivity index (χ0n) is 16.2. The van der Waals surface area contributed by atoms with Crippen LogP contribution >= 0.6 is 23.4 Å². The number of hydrogen-bond acceptors (Lipinski definition) is 8. The molecule has 0 aliphatic carbocycles. The van der Waals surface area contributed by atoms with Crippen LogP contribution in [0.5, 0.6) is 0 Å². The zero-order chi connectivity index (χ0) is 21.8. The Labute approximate surface area is 188 Å². The molecule has 2 aromatic carbocycles. The number of benzene rings is 2. The quantitative estimate of drug-likeness (QED) is 0.375. The van der Waals surface area contributed by atoms with E-state index in [4.69, 9.17) is 20.8 Å². The van der Waals surface area contributed by atoms with Gasteiger partial charge in [-0.1, -0.05) is 29.4 Å². The monoisotopic (exact) mass is 479 g/mol. The van der Waals surface area contributed by atoms with E-state index in [1.54, 1.807) is 36.4 Å². The van der Waals surface area contributed by atoms with Gasteiger partial charge in [0.05, 0.1) is 23.9 Å². The van der Waals surface area contributed by atoms with E-state index in [1.807, 2.05) is 0 Å². The summed E-state index contributed by atoms with van der Waals surface area (Å²) in [5, 5.41) is 8.72. The van der Waals surface area contributed by atoms with Crippen molar-refractivity contribution in [3.05, 3.63) is 59.1 Å². The molecule has 1 aromatic heterocycles. The van der Waals surface area contributed by atoms with Crippen molar-refractivity contribution in [2.24, 2.45) is 0 Å². The Hall–Kier alpha value is -2.24. The van der Waals surface area contributed by atoms with Gasteiger partial charge in [0.25, 0.3) is 5.22 Å². The minimum atomic E-state index is -3.64. The van der Waals surface area contributed by atoms with E-state index < -0.39 is 10.0 Å². The summed E-state index contributed by atoms with van der Waals surface area (Å²) < 4.78 is 38.0. The van der Waals surface area contributed by atoms with Gasteiger partial charge in [0.15, 0.2) is 5.78 Å². The van der Waals surface area contributed by atoms with E-state index in [9.17, 15) is 13.2 Å². The highest BCUT2D eigenvalue weighted by atomic mass is 35.5. The highest BCUT2D eigenvalue weighted by Gasteiger charge is 2.27. The van der Waals surface area contributed by atoms with Crippen molar-refractivity contribution in [1.29, 1.82) is 0 Å². The summed E-state index contributed by atoms with van der Waals surface area (Å²) in [7, 11) is -3.64. The number of ether oxygens (including phenoxy) is 1. The predicted molar refractivity (Wildman–Crippen MR) is 116 cm³/mol. The summed E-state index contributed by atoms with van der Waals surface area (Å²) in [4.78, 5) is 12.4. The van der Waals surface area contributed by atoms with Crippen LogP contribution in [0, 0.1) is 0 Å². The number of thioether (sulfide) groups is 1. The Kier molecular flexibility index (Phi) is 6.73. The third-order valence-corrected chi connectivity index (χ3v) is 7.55. The van der Waals surface area contributed by atoms with Gasteiger partial charge in [-0.05, 0) is 42.5 Å². The van der Waals surface area contributed by atoms with Crippen LogP contribution in [0.15, 0.2) is 63.1 Å². The van der Waals surface area contributed by atoms with Gasteiger partial charge < -0.3 is 9.15 Å². The minimum absolute atomic E-state index is 0.0972. The van der Waals surface area contributed by atoms with Gasteiger partial charge in [0.1, 0.15) is 0 Å². The van der Waals surface area contributed by atoms with Gasteiger partial charge in [-0.2, -0.15) is 4.31 Å². The maximum atomic E-state index is 12.9. The third-order valence-electron chi connectivity index (χ3n) is 4.59. The van der Waals surface area contributed by atoms with Crippen LogP contribution in [0.25, 0.3) is 11.5 Å². The number of aromatic nitrogens is 2. The molecule has 31 heavy (non-hydrogen) atoms. The lowest BCUT2D eigenvalue weighted by molar-refractivity contribution is 0.0730. The number of morpholine rings is 1. The van der Waals surface area contributed by atoms with E-state index in [0.717, 1.165) is 11.8 Å². The van der Waals surface area contributed by atoms with E-state index in [0.29, 0.717) is 42.5 Å². The Morgan fingerprint density at radius 3 is 2.58 bits per heavy atom. The van der Waals surface area contributed by atoms with E-state index in [-0.39, 0.29) is 27.5 Å². The van der Waals surface area contributed by atoms with Gasteiger partial charge in [0.2, 0.25) is 15.9 Å². The maximum Gasteiger partial charge on any atom is 0.277 e. The molecule has 0 bridgehead atoms. The number of halogens is 1. The van der Waals surface area contributed by atoms with Crippen LogP contribution in [0.2, 0.25) is 5.02 Å². The Morgan fingerprint density at radius 2 is 1.84 bits per heavy atom. The van der Waals surface area contributed by atoms with Gasteiger partial charge in [-0.25, -0.2) is 8.42 Å². The lowest BCUT2D eigenvalue weighted by atomic mass is 10.1. The molecule has 0 N–H and O–H groups in total. The molecule has 0 unspecified atom stereocenters. The molecule has 8 nitrogen and oxygen atoms in total. The molecular formula is C20H18ClN3O5S2. The summed E-state index contributed by atoms with van der Waals surface area (Å²) in [6, 6.07) is 13.0. The molecule has 162 valence electrons. The van der Waals surface area contributed by atoms with E-state index in [1.165, 1.54) is 16.4 Å². The van der Waals surface area contributed by atoms with Crippen molar-refractivity contribution in [2.45, 2.75) is 10.1 Å². The fraction of sp³-hybridized carbons (Fsp3) is 0.250. The largest absolute Gasteiger partial charge is 0.411 e. The van der Waals surface area contributed by atoms with Crippen molar-refractivity contribution in [3.8, 4) is 11.5 Å². The first-order valence-electron chi connectivity index (χ1n) is 9.37. The second-order valence-electron chi connectivity index (χ2n) is 6.64. The normalized spacial score (nSPS) is 15.1. The molecular weight excluding hydrogens is 462 g/mol. The number of rotatable bonds is 7. The van der Waals surface area contributed by atoms with Crippen molar-refractivity contribution in [1.82, 2.24) is 14.5 Å². The molecule has 0 saturated carbocycles. The maximum absolute atomic E-state index is 12.9. The predicted octanol–water partition coefficient (Wildman–Crippen LogP) is 3.39. The number of nitrogens with zero attached hydrogens (tertiary/aromatic N) is 3. The highest BCUT2D eigenvalue weighted by Crippen LogP contribution is 2.27. The number of sulfonamides is 1. The first-order chi connectivity index (χ1) is 14.9. The average molecular weight is 480 g/mol. The molecule has 0 radical (unpaired) electrons. The number of carbonyl (C=O) groups excluding carboxylic acids is 1. The van der Waals surface area contributed by atoms with Gasteiger partial charge in [-0.15, -0.1) is 10.2 Å². The first-order valence-corrected chi connectivity index (χ1v) is 12.2. The molecule has 1 aliphatic rings. The van der Waals surface area contributed by atoms with Gasteiger partial charge in [-0.3, -0.25) is 4.79 Å². The summed E-state index contributed by atoms with van der Waals surface area (Å²) in [5.74, 6) is 0.204. The molecule has 2 heterocycles. The molecule has 4 rings (SSSR count). The van der Waals surface area contributed by atoms with E-state index >= 15 is 0 Å². The first kappa shape index (κ1) is 22.0. The fourth-order valence-corrected chi connectivity index (χ4v) is 5.19. The molecule has 0 amide bonds. The second kappa shape index (κ2) is 9.49. The summed E-state index contributed by atoms with van der Waals surface area (Å²) in [5.41, 5.74) is 1.02. The van der Waals surface area contributed by atoms with Crippen molar-refractivity contribution < 1.29 is 22.4 Å².